The number of benzene rings is 1. The molecule has 68 valence electrons. The molecule has 0 saturated carbocycles. The number of hydrogen-bond donors (Lipinski definition) is 2. The standard InChI is InChI=1S/C9H9NO2S/c11-9-8(5-13)12-7-4-2-1-3-6(7)10-9/h1-4,8,13H,5H2,(H,10,11). The molecule has 13 heavy (non-hydrogen) atoms. The first-order valence-electron chi connectivity index (χ1n) is 3.98. The van der Waals surface area contributed by atoms with Crippen molar-refractivity contribution >= 4 is 24.2 Å². The van der Waals surface area contributed by atoms with E-state index >= 15 is 0 Å². The number of thiol groups is 1. The van der Waals surface area contributed by atoms with Crippen LogP contribution in [-0.2, 0) is 4.79 Å². The fourth-order valence-corrected chi connectivity index (χ4v) is 1.45. The van der Waals surface area contributed by atoms with E-state index in [0.29, 0.717) is 11.5 Å². The van der Waals surface area contributed by atoms with Gasteiger partial charge in [-0.1, -0.05) is 12.1 Å². The molecule has 0 spiro atoms. The molecular formula is C9H9NO2S. The highest BCUT2D eigenvalue weighted by Gasteiger charge is 2.25. The van der Waals surface area contributed by atoms with Crippen LogP contribution in [0.15, 0.2) is 24.3 Å². The van der Waals surface area contributed by atoms with E-state index in [-0.39, 0.29) is 5.91 Å². The molecule has 1 atom stereocenters. The van der Waals surface area contributed by atoms with Crippen molar-refractivity contribution in [1.29, 1.82) is 0 Å². The van der Waals surface area contributed by atoms with Gasteiger partial charge in [0.15, 0.2) is 6.10 Å². The zero-order chi connectivity index (χ0) is 9.26. The van der Waals surface area contributed by atoms with Gasteiger partial charge in [0.05, 0.1) is 5.69 Å². The van der Waals surface area contributed by atoms with Crippen LogP contribution < -0.4 is 10.1 Å². The molecule has 2 rings (SSSR count). The third kappa shape index (κ3) is 1.49. The van der Waals surface area contributed by atoms with Crippen molar-refractivity contribution in [3.8, 4) is 5.75 Å². The minimum atomic E-state index is -0.474. The van der Waals surface area contributed by atoms with Crippen LogP contribution in [0, 0.1) is 0 Å². The van der Waals surface area contributed by atoms with Gasteiger partial charge in [-0.2, -0.15) is 12.6 Å². The van der Waals surface area contributed by atoms with E-state index in [1.54, 1.807) is 0 Å². The predicted octanol–water partition coefficient (Wildman–Crippen LogP) is 1.32. The summed E-state index contributed by atoms with van der Waals surface area (Å²) in [7, 11) is 0. The normalized spacial score (nSPS) is 20.1. The van der Waals surface area contributed by atoms with Crippen molar-refractivity contribution in [2.45, 2.75) is 6.10 Å². The first kappa shape index (κ1) is 8.44. The molecule has 0 aromatic heterocycles. The van der Waals surface area contributed by atoms with Crippen molar-refractivity contribution in [1.82, 2.24) is 0 Å². The molecule has 1 N–H and O–H groups in total. The van der Waals surface area contributed by atoms with Crippen LogP contribution in [-0.4, -0.2) is 17.8 Å². The number of rotatable bonds is 1. The van der Waals surface area contributed by atoms with Crippen LogP contribution in [0.2, 0.25) is 0 Å². The molecular weight excluding hydrogens is 186 g/mol. The minimum absolute atomic E-state index is 0.131. The first-order chi connectivity index (χ1) is 6.31. The average Bonchev–Trinajstić information content (AvgIpc) is 2.17. The number of carbonyl (C=O) groups is 1. The Morgan fingerprint density at radius 2 is 2.23 bits per heavy atom. The van der Waals surface area contributed by atoms with E-state index in [2.05, 4.69) is 17.9 Å². The van der Waals surface area contributed by atoms with Crippen LogP contribution >= 0.6 is 12.6 Å². The second-order valence-corrected chi connectivity index (χ2v) is 3.14. The lowest BCUT2D eigenvalue weighted by atomic mass is 10.2. The maximum Gasteiger partial charge on any atom is 0.266 e. The van der Waals surface area contributed by atoms with Gasteiger partial charge in [0, 0.05) is 5.75 Å². The Morgan fingerprint density at radius 1 is 1.46 bits per heavy atom. The lowest BCUT2D eigenvalue weighted by Crippen LogP contribution is -2.38. The summed E-state index contributed by atoms with van der Waals surface area (Å²) in [6, 6.07) is 7.35. The van der Waals surface area contributed by atoms with E-state index in [0.717, 1.165) is 5.69 Å². The quantitative estimate of drug-likeness (QED) is 0.663. The largest absolute Gasteiger partial charge is 0.478 e. The SMILES string of the molecule is O=C1Nc2ccccc2OC1CS. The first-order valence-corrected chi connectivity index (χ1v) is 4.62. The number of nitrogens with one attached hydrogen (secondary N) is 1. The number of anilines is 1. The highest BCUT2D eigenvalue weighted by molar-refractivity contribution is 7.80. The zero-order valence-electron chi connectivity index (χ0n) is 6.86. The molecule has 0 radical (unpaired) electrons. The van der Waals surface area contributed by atoms with Crippen LogP contribution in [0.4, 0.5) is 5.69 Å². The smallest absolute Gasteiger partial charge is 0.266 e. The second-order valence-electron chi connectivity index (χ2n) is 2.77. The summed E-state index contributed by atoms with van der Waals surface area (Å²) >= 11 is 4.03. The number of hydrogen-bond acceptors (Lipinski definition) is 3. The summed E-state index contributed by atoms with van der Waals surface area (Å²) in [5.74, 6) is 0.968. The van der Waals surface area contributed by atoms with E-state index in [1.807, 2.05) is 24.3 Å². The van der Waals surface area contributed by atoms with Gasteiger partial charge >= 0.3 is 0 Å². The third-order valence-corrected chi connectivity index (χ3v) is 2.20. The summed E-state index contributed by atoms with van der Waals surface area (Å²) < 4.78 is 5.40. The van der Waals surface area contributed by atoms with Gasteiger partial charge in [0.1, 0.15) is 5.75 Å². The van der Waals surface area contributed by atoms with E-state index in [4.69, 9.17) is 4.74 Å². The zero-order valence-corrected chi connectivity index (χ0v) is 7.75. The summed E-state index contributed by atoms with van der Waals surface area (Å²) in [5.41, 5.74) is 0.727. The van der Waals surface area contributed by atoms with Crippen molar-refractivity contribution < 1.29 is 9.53 Å². The second kappa shape index (κ2) is 3.30. The molecule has 1 aliphatic heterocycles. The maximum absolute atomic E-state index is 11.3. The summed E-state index contributed by atoms with van der Waals surface area (Å²) in [5, 5.41) is 2.75. The Kier molecular flexibility index (Phi) is 2.14. The number of ether oxygens (including phenoxy) is 1. The van der Waals surface area contributed by atoms with E-state index in [1.165, 1.54) is 0 Å². The summed E-state index contributed by atoms with van der Waals surface area (Å²) in [6.45, 7) is 0. The molecule has 4 heteroatoms. The van der Waals surface area contributed by atoms with Crippen molar-refractivity contribution in [3.63, 3.8) is 0 Å². The average molecular weight is 195 g/mol. The van der Waals surface area contributed by atoms with Gasteiger partial charge in [-0.25, -0.2) is 0 Å². The van der Waals surface area contributed by atoms with Gasteiger partial charge in [0.2, 0.25) is 0 Å². The number of carbonyl (C=O) groups excluding carboxylic acids is 1. The lowest BCUT2D eigenvalue weighted by Gasteiger charge is -2.24. The minimum Gasteiger partial charge on any atom is -0.478 e. The van der Waals surface area contributed by atoms with Crippen LogP contribution in [0.1, 0.15) is 0 Å². The van der Waals surface area contributed by atoms with Gasteiger partial charge < -0.3 is 10.1 Å². The molecule has 0 fully saturated rings. The lowest BCUT2D eigenvalue weighted by molar-refractivity contribution is -0.122. The Balaban J connectivity index is 2.33. The monoisotopic (exact) mass is 195 g/mol. The van der Waals surface area contributed by atoms with Gasteiger partial charge in [-0.15, -0.1) is 0 Å². The fraction of sp³-hybridized carbons (Fsp3) is 0.222. The van der Waals surface area contributed by atoms with Gasteiger partial charge in [0.25, 0.3) is 5.91 Å². The molecule has 1 aliphatic rings. The summed E-state index contributed by atoms with van der Waals surface area (Å²) in [6.07, 6.45) is -0.474. The van der Waals surface area contributed by atoms with E-state index < -0.39 is 6.10 Å². The fourth-order valence-electron chi connectivity index (χ4n) is 1.21. The Morgan fingerprint density at radius 3 is 3.00 bits per heavy atom. The van der Waals surface area contributed by atoms with Crippen LogP contribution in [0.5, 0.6) is 5.75 Å². The van der Waals surface area contributed by atoms with Crippen LogP contribution in [0.25, 0.3) is 0 Å². The van der Waals surface area contributed by atoms with Crippen LogP contribution in [0.3, 0.4) is 0 Å². The highest BCUT2D eigenvalue weighted by atomic mass is 32.1. The number of para-hydroxylation sites is 2. The molecule has 1 unspecified atom stereocenters. The summed E-state index contributed by atoms with van der Waals surface area (Å²) in [4.78, 5) is 11.3. The molecule has 1 heterocycles. The maximum atomic E-state index is 11.3. The van der Waals surface area contributed by atoms with Crippen molar-refractivity contribution in [2.24, 2.45) is 0 Å². The third-order valence-electron chi connectivity index (χ3n) is 1.87. The molecule has 1 aromatic carbocycles. The molecule has 0 aliphatic carbocycles. The molecule has 1 aromatic rings. The van der Waals surface area contributed by atoms with Gasteiger partial charge in [-0.05, 0) is 12.1 Å². The molecule has 1 amide bonds. The Hall–Kier alpha value is -1.16. The molecule has 0 saturated heterocycles. The topological polar surface area (TPSA) is 38.3 Å². The predicted molar refractivity (Wildman–Crippen MR) is 53.3 cm³/mol. The van der Waals surface area contributed by atoms with E-state index in [9.17, 15) is 4.79 Å². The Labute approximate surface area is 81.5 Å². The number of fused-ring (bicyclic) bond motifs is 1. The van der Waals surface area contributed by atoms with Gasteiger partial charge in [-0.3, -0.25) is 4.79 Å². The Bertz CT molecular complexity index is 340. The molecule has 3 nitrogen and oxygen atoms in total. The highest BCUT2D eigenvalue weighted by Crippen LogP contribution is 2.28. The van der Waals surface area contributed by atoms with Crippen molar-refractivity contribution in [2.75, 3.05) is 11.1 Å². The molecule has 0 bridgehead atoms. The van der Waals surface area contributed by atoms with Crippen molar-refractivity contribution in [3.05, 3.63) is 24.3 Å². The number of amides is 1.